The first-order chi connectivity index (χ1) is 16.7. The van der Waals surface area contributed by atoms with Crippen molar-refractivity contribution in [2.45, 2.75) is 136 Å². The van der Waals surface area contributed by atoms with Gasteiger partial charge in [0, 0.05) is 19.7 Å². The molecule has 0 aliphatic rings. The van der Waals surface area contributed by atoms with Gasteiger partial charge in [-0.1, -0.05) is 103 Å². The standard InChI is InChI=1S/C29H54N2O3/c1-4-6-8-10-12-13-14-15-16-17-18-20-22-24-26-31(30-28(32)27-34-3)29(33)25-23-21-19-11-9-7-5-2/h15-16,24,26H,4-14,17-23,25,27H2,1-3H3,(H,30,32)/b16-15-,26-24-. The Kier molecular flexibility index (Phi) is 24.8. The molecule has 0 aromatic rings. The molecule has 0 fully saturated rings. The monoisotopic (exact) mass is 478 g/mol. The third kappa shape index (κ3) is 22.2. The van der Waals surface area contributed by atoms with Crippen molar-refractivity contribution in [3.05, 3.63) is 24.4 Å². The van der Waals surface area contributed by atoms with E-state index in [1.165, 1.54) is 89.2 Å². The molecule has 5 heteroatoms. The van der Waals surface area contributed by atoms with Crippen LogP contribution in [0.3, 0.4) is 0 Å². The van der Waals surface area contributed by atoms with Crippen LogP contribution in [0.4, 0.5) is 0 Å². The van der Waals surface area contributed by atoms with Crippen LogP contribution in [0.15, 0.2) is 24.4 Å². The van der Waals surface area contributed by atoms with Gasteiger partial charge in [-0.05, 0) is 44.9 Å². The van der Waals surface area contributed by atoms with Crippen LogP contribution >= 0.6 is 0 Å². The van der Waals surface area contributed by atoms with Gasteiger partial charge < -0.3 is 4.74 Å². The van der Waals surface area contributed by atoms with E-state index in [0.29, 0.717) is 6.42 Å². The van der Waals surface area contributed by atoms with Crippen molar-refractivity contribution >= 4 is 11.8 Å². The molecule has 34 heavy (non-hydrogen) atoms. The summed E-state index contributed by atoms with van der Waals surface area (Å²) in [5.74, 6) is -0.373. The SMILES string of the molecule is CCCCCCCC/C=C\CCCC/C=C\N(NC(=O)COC)C(=O)CCCCCCCCC. The topological polar surface area (TPSA) is 58.6 Å². The maximum Gasteiger partial charge on any atom is 0.264 e. The molecule has 0 atom stereocenters. The van der Waals surface area contributed by atoms with Crippen LogP contribution in [0.25, 0.3) is 0 Å². The maximum absolute atomic E-state index is 12.6. The van der Waals surface area contributed by atoms with Gasteiger partial charge in [0.15, 0.2) is 0 Å². The van der Waals surface area contributed by atoms with E-state index in [2.05, 4.69) is 31.4 Å². The van der Waals surface area contributed by atoms with Gasteiger partial charge in [-0.3, -0.25) is 15.0 Å². The number of hydrazine groups is 1. The molecule has 0 aliphatic carbocycles. The van der Waals surface area contributed by atoms with Crippen molar-refractivity contribution < 1.29 is 14.3 Å². The van der Waals surface area contributed by atoms with Gasteiger partial charge in [0.1, 0.15) is 6.61 Å². The summed E-state index contributed by atoms with van der Waals surface area (Å²) in [6, 6.07) is 0. The number of methoxy groups -OCH3 is 1. The number of carbonyl (C=O) groups is 2. The first-order valence-electron chi connectivity index (χ1n) is 14.1. The molecule has 0 aliphatic heterocycles. The Morgan fingerprint density at radius 1 is 0.676 bits per heavy atom. The highest BCUT2D eigenvalue weighted by Gasteiger charge is 2.13. The van der Waals surface area contributed by atoms with Crippen LogP contribution < -0.4 is 5.43 Å². The first kappa shape index (κ1) is 32.4. The number of hydrogen-bond acceptors (Lipinski definition) is 3. The number of hydrogen-bond donors (Lipinski definition) is 1. The predicted octanol–water partition coefficient (Wildman–Crippen LogP) is 8.01. The van der Waals surface area contributed by atoms with Crippen LogP contribution in [0.5, 0.6) is 0 Å². The molecule has 0 aromatic heterocycles. The summed E-state index contributed by atoms with van der Waals surface area (Å²) in [6.07, 6.45) is 30.4. The average Bonchev–Trinajstić information content (AvgIpc) is 2.83. The van der Waals surface area contributed by atoms with Crippen LogP contribution in [0.2, 0.25) is 0 Å². The Hall–Kier alpha value is -1.62. The lowest BCUT2D eigenvalue weighted by molar-refractivity contribution is -0.139. The second-order valence-electron chi connectivity index (χ2n) is 9.30. The summed E-state index contributed by atoms with van der Waals surface area (Å²) in [6.45, 7) is 4.42. The minimum atomic E-state index is -0.310. The van der Waals surface area contributed by atoms with E-state index in [1.54, 1.807) is 6.20 Å². The second-order valence-corrected chi connectivity index (χ2v) is 9.30. The third-order valence-corrected chi connectivity index (χ3v) is 5.92. The zero-order chi connectivity index (χ0) is 25.1. The smallest absolute Gasteiger partial charge is 0.264 e. The summed E-state index contributed by atoms with van der Waals surface area (Å²) in [7, 11) is 1.47. The summed E-state index contributed by atoms with van der Waals surface area (Å²) in [4.78, 5) is 24.5. The summed E-state index contributed by atoms with van der Waals surface area (Å²) in [5, 5.41) is 1.35. The fourth-order valence-corrected chi connectivity index (χ4v) is 3.82. The highest BCUT2D eigenvalue weighted by molar-refractivity contribution is 5.83. The minimum absolute atomic E-state index is 0.0554. The van der Waals surface area contributed by atoms with Gasteiger partial charge in [0.25, 0.3) is 5.91 Å². The van der Waals surface area contributed by atoms with Crippen molar-refractivity contribution in [1.29, 1.82) is 0 Å². The van der Waals surface area contributed by atoms with Crippen molar-refractivity contribution in [3.63, 3.8) is 0 Å². The predicted molar refractivity (Wildman–Crippen MR) is 144 cm³/mol. The molecule has 5 nitrogen and oxygen atoms in total. The van der Waals surface area contributed by atoms with Crippen molar-refractivity contribution in [2.75, 3.05) is 13.7 Å². The van der Waals surface area contributed by atoms with Gasteiger partial charge >= 0.3 is 0 Å². The number of nitrogens with zero attached hydrogens (tertiary/aromatic N) is 1. The zero-order valence-electron chi connectivity index (χ0n) is 22.6. The van der Waals surface area contributed by atoms with Crippen molar-refractivity contribution in [2.24, 2.45) is 0 Å². The average molecular weight is 479 g/mol. The molecule has 0 heterocycles. The minimum Gasteiger partial charge on any atom is -0.375 e. The van der Waals surface area contributed by atoms with Crippen LogP contribution in [0.1, 0.15) is 136 Å². The Balaban J connectivity index is 4.09. The highest BCUT2D eigenvalue weighted by Crippen LogP contribution is 2.10. The summed E-state index contributed by atoms with van der Waals surface area (Å²) < 4.78 is 4.88. The Bertz CT molecular complexity index is 531. The van der Waals surface area contributed by atoms with E-state index < -0.39 is 0 Å². The molecular formula is C29H54N2O3. The summed E-state index contributed by atoms with van der Waals surface area (Å²) in [5.41, 5.74) is 2.66. The van der Waals surface area contributed by atoms with E-state index in [0.717, 1.165) is 38.5 Å². The lowest BCUT2D eigenvalue weighted by Gasteiger charge is -2.19. The first-order valence-corrected chi connectivity index (χ1v) is 14.1. The van der Waals surface area contributed by atoms with Crippen LogP contribution in [-0.4, -0.2) is 30.5 Å². The molecule has 0 bridgehead atoms. The van der Waals surface area contributed by atoms with E-state index in [4.69, 9.17) is 4.74 Å². The maximum atomic E-state index is 12.6. The molecule has 1 N–H and O–H groups in total. The number of ether oxygens (including phenoxy) is 1. The molecule has 0 saturated carbocycles. The number of allylic oxidation sites excluding steroid dienone is 3. The number of rotatable bonds is 23. The molecule has 0 spiro atoms. The molecule has 0 radical (unpaired) electrons. The van der Waals surface area contributed by atoms with Crippen molar-refractivity contribution in [1.82, 2.24) is 10.4 Å². The quantitative estimate of drug-likeness (QED) is 0.0919. The largest absolute Gasteiger partial charge is 0.375 e. The number of nitrogens with one attached hydrogen (secondary N) is 1. The van der Waals surface area contributed by atoms with Crippen molar-refractivity contribution in [3.8, 4) is 0 Å². The van der Waals surface area contributed by atoms with Gasteiger partial charge in [-0.15, -0.1) is 0 Å². The molecule has 0 rings (SSSR count). The fourth-order valence-electron chi connectivity index (χ4n) is 3.82. The van der Waals surface area contributed by atoms with E-state index in [-0.39, 0.29) is 18.4 Å². The van der Waals surface area contributed by atoms with Crippen LogP contribution in [0, 0.1) is 0 Å². The molecule has 0 saturated heterocycles. The Morgan fingerprint density at radius 2 is 1.15 bits per heavy atom. The lowest BCUT2D eigenvalue weighted by Crippen LogP contribution is -2.44. The summed E-state index contributed by atoms with van der Waals surface area (Å²) >= 11 is 0. The van der Waals surface area contributed by atoms with E-state index >= 15 is 0 Å². The van der Waals surface area contributed by atoms with Gasteiger partial charge in [-0.2, -0.15) is 0 Å². The van der Waals surface area contributed by atoms with E-state index in [1.807, 2.05) is 6.08 Å². The lowest BCUT2D eigenvalue weighted by atomic mass is 10.1. The van der Waals surface area contributed by atoms with Gasteiger partial charge in [0.05, 0.1) is 0 Å². The number of carbonyl (C=O) groups excluding carboxylic acids is 2. The third-order valence-electron chi connectivity index (χ3n) is 5.92. The molecule has 0 unspecified atom stereocenters. The zero-order valence-corrected chi connectivity index (χ0v) is 22.6. The van der Waals surface area contributed by atoms with Crippen LogP contribution in [-0.2, 0) is 14.3 Å². The normalized spacial score (nSPS) is 11.5. The van der Waals surface area contributed by atoms with E-state index in [9.17, 15) is 9.59 Å². The Labute approximate surface area is 210 Å². The molecule has 2 amide bonds. The second kappa shape index (κ2) is 26.0. The molecule has 0 aromatic carbocycles. The number of amides is 2. The number of unbranched alkanes of at least 4 members (excludes halogenated alkanes) is 15. The fraction of sp³-hybridized carbons (Fsp3) is 0.793. The molecule has 198 valence electrons. The van der Waals surface area contributed by atoms with Gasteiger partial charge in [0.2, 0.25) is 5.91 Å². The Morgan fingerprint density at radius 3 is 1.71 bits per heavy atom. The van der Waals surface area contributed by atoms with Gasteiger partial charge in [-0.25, -0.2) is 5.01 Å². The molecular weight excluding hydrogens is 424 g/mol. The highest BCUT2D eigenvalue weighted by atomic mass is 16.5.